The van der Waals surface area contributed by atoms with Gasteiger partial charge in [0.15, 0.2) is 11.3 Å². The van der Waals surface area contributed by atoms with Crippen molar-refractivity contribution in [3.8, 4) is 16.9 Å². The van der Waals surface area contributed by atoms with Gasteiger partial charge >= 0.3 is 11.6 Å². The molecule has 0 radical (unpaired) electrons. The van der Waals surface area contributed by atoms with E-state index in [1.807, 2.05) is 16.8 Å². The molecule has 0 N–H and O–H groups in total. The zero-order chi connectivity index (χ0) is 14.1. The van der Waals surface area contributed by atoms with E-state index in [0.29, 0.717) is 10.9 Å². The maximum Gasteiger partial charge on any atom is 0.344 e. The fourth-order valence-electron chi connectivity index (χ4n) is 1.97. The number of benzene rings is 1. The lowest BCUT2D eigenvalue weighted by Gasteiger charge is -2.05. The number of carbonyl (C=O) groups excluding carboxylic acids is 1. The third-order valence-corrected chi connectivity index (χ3v) is 3.49. The molecule has 20 heavy (non-hydrogen) atoms. The minimum atomic E-state index is -0.456. The topological polar surface area (TPSA) is 56.5 Å². The minimum Gasteiger partial charge on any atom is -0.423 e. The van der Waals surface area contributed by atoms with E-state index in [9.17, 15) is 9.59 Å². The quantitative estimate of drug-likeness (QED) is 0.411. The van der Waals surface area contributed by atoms with Crippen LogP contribution in [0.2, 0.25) is 0 Å². The lowest BCUT2D eigenvalue weighted by molar-refractivity contribution is -0.131. The lowest BCUT2D eigenvalue weighted by atomic mass is 10.1. The van der Waals surface area contributed by atoms with E-state index < -0.39 is 11.6 Å². The summed E-state index contributed by atoms with van der Waals surface area (Å²) in [4.78, 5) is 23.1. The summed E-state index contributed by atoms with van der Waals surface area (Å²) in [7, 11) is 0. The summed E-state index contributed by atoms with van der Waals surface area (Å²) < 4.78 is 10.4. The van der Waals surface area contributed by atoms with Gasteiger partial charge < -0.3 is 9.15 Å². The number of para-hydroxylation sites is 1. The van der Waals surface area contributed by atoms with Gasteiger partial charge in [-0.05, 0) is 34.5 Å². The van der Waals surface area contributed by atoms with Crippen molar-refractivity contribution in [2.24, 2.45) is 0 Å². The molecule has 2 heterocycles. The number of rotatable bonds is 2. The van der Waals surface area contributed by atoms with Gasteiger partial charge in [0, 0.05) is 12.3 Å². The molecular formula is C15H10O4S. The molecule has 0 unspecified atom stereocenters. The molecule has 0 saturated carbocycles. The van der Waals surface area contributed by atoms with Gasteiger partial charge in [-0.15, -0.1) is 0 Å². The zero-order valence-electron chi connectivity index (χ0n) is 10.6. The highest BCUT2D eigenvalue weighted by molar-refractivity contribution is 7.08. The van der Waals surface area contributed by atoms with Gasteiger partial charge in [0.1, 0.15) is 0 Å². The largest absolute Gasteiger partial charge is 0.423 e. The van der Waals surface area contributed by atoms with E-state index in [1.54, 1.807) is 24.3 Å². The van der Waals surface area contributed by atoms with Crippen molar-refractivity contribution in [3.05, 3.63) is 51.5 Å². The Kier molecular flexibility index (Phi) is 3.12. The maximum atomic E-state index is 12.1. The number of thiophene rings is 1. The van der Waals surface area contributed by atoms with E-state index in [4.69, 9.17) is 9.15 Å². The van der Waals surface area contributed by atoms with Crippen LogP contribution < -0.4 is 10.4 Å². The molecule has 0 aliphatic rings. The second-order valence-corrected chi connectivity index (χ2v) is 5.01. The van der Waals surface area contributed by atoms with Crippen LogP contribution in [0.15, 0.2) is 50.3 Å². The predicted octanol–water partition coefficient (Wildman–Crippen LogP) is 3.45. The van der Waals surface area contributed by atoms with Gasteiger partial charge in [0.25, 0.3) is 0 Å². The van der Waals surface area contributed by atoms with Gasteiger partial charge in [-0.1, -0.05) is 12.1 Å². The first kappa shape index (κ1) is 12.6. The van der Waals surface area contributed by atoms with E-state index in [1.165, 1.54) is 18.3 Å². The highest BCUT2D eigenvalue weighted by Crippen LogP contribution is 2.28. The second-order valence-electron chi connectivity index (χ2n) is 4.23. The first-order valence-electron chi connectivity index (χ1n) is 5.93. The first-order valence-corrected chi connectivity index (χ1v) is 6.87. The summed E-state index contributed by atoms with van der Waals surface area (Å²) in [5.41, 5.74) is 1.16. The number of hydrogen-bond acceptors (Lipinski definition) is 5. The Morgan fingerprint density at radius 2 is 2.15 bits per heavy atom. The van der Waals surface area contributed by atoms with Gasteiger partial charge in [0.05, 0.1) is 5.56 Å². The van der Waals surface area contributed by atoms with E-state index in [0.717, 1.165) is 5.56 Å². The standard InChI is InChI=1S/C15H10O4S/c1-9(16)18-13-4-2-3-10-7-12(11-5-6-20-8-11)15(17)19-14(10)13/h2-8H,1H3. The molecule has 0 aliphatic heterocycles. The summed E-state index contributed by atoms with van der Waals surface area (Å²) in [6.07, 6.45) is 0. The number of esters is 1. The summed E-state index contributed by atoms with van der Waals surface area (Å²) in [5, 5.41) is 4.49. The Bertz CT molecular complexity index is 831. The highest BCUT2D eigenvalue weighted by Gasteiger charge is 2.12. The zero-order valence-corrected chi connectivity index (χ0v) is 11.4. The number of fused-ring (bicyclic) bond motifs is 1. The maximum absolute atomic E-state index is 12.1. The molecule has 0 spiro atoms. The van der Waals surface area contributed by atoms with Gasteiger partial charge in [-0.25, -0.2) is 4.79 Å². The summed E-state index contributed by atoms with van der Waals surface area (Å²) in [6, 6.07) is 8.75. The predicted molar refractivity (Wildman–Crippen MR) is 77.1 cm³/mol. The molecule has 100 valence electrons. The fraction of sp³-hybridized carbons (Fsp3) is 0.0667. The van der Waals surface area contributed by atoms with E-state index in [-0.39, 0.29) is 11.3 Å². The molecule has 3 rings (SSSR count). The van der Waals surface area contributed by atoms with Crippen molar-refractivity contribution in [2.75, 3.05) is 0 Å². The van der Waals surface area contributed by atoms with Crippen LogP contribution in [0.5, 0.6) is 5.75 Å². The third kappa shape index (κ3) is 2.23. The van der Waals surface area contributed by atoms with Crippen LogP contribution in [0.1, 0.15) is 6.92 Å². The van der Waals surface area contributed by atoms with Crippen LogP contribution in [-0.2, 0) is 4.79 Å². The number of carbonyl (C=O) groups is 1. The molecule has 4 nitrogen and oxygen atoms in total. The van der Waals surface area contributed by atoms with Gasteiger partial charge in [-0.3, -0.25) is 4.79 Å². The van der Waals surface area contributed by atoms with Crippen molar-refractivity contribution < 1.29 is 13.9 Å². The molecule has 0 fully saturated rings. The Morgan fingerprint density at radius 1 is 1.30 bits per heavy atom. The molecule has 0 amide bonds. The molecule has 2 aromatic heterocycles. The van der Waals surface area contributed by atoms with Crippen LogP contribution in [-0.4, -0.2) is 5.97 Å². The minimum absolute atomic E-state index is 0.254. The second kappa shape index (κ2) is 4.94. The van der Waals surface area contributed by atoms with E-state index in [2.05, 4.69) is 0 Å². The van der Waals surface area contributed by atoms with Gasteiger partial charge in [-0.2, -0.15) is 11.3 Å². The fourth-order valence-corrected chi connectivity index (χ4v) is 2.63. The van der Waals surface area contributed by atoms with Crippen molar-refractivity contribution in [2.45, 2.75) is 6.92 Å². The summed E-state index contributed by atoms with van der Waals surface area (Å²) in [6.45, 7) is 1.30. The highest BCUT2D eigenvalue weighted by atomic mass is 32.1. The summed E-state index contributed by atoms with van der Waals surface area (Å²) in [5.74, 6) is -0.203. The normalized spacial score (nSPS) is 10.7. The third-order valence-electron chi connectivity index (χ3n) is 2.81. The molecule has 5 heteroatoms. The van der Waals surface area contributed by atoms with Crippen molar-refractivity contribution >= 4 is 28.3 Å². The van der Waals surface area contributed by atoms with Crippen LogP contribution in [0.3, 0.4) is 0 Å². The van der Waals surface area contributed by atoms with Crippen molar-refractivity contribution in [3.63, 3.8) is 0 Å². The van der Waals surface area contributed by atoms with Crippen LogP contribution in [0.4, 0.5) is 0 Å². The van der Waals surface area contributed by atoms with Gasteiger partial charge in [0.2, 0.25) is 0 Å². The Morgan fingerprint density at radius 3 is 2.85 bits per heavy atom. The number of ether oxygens (including phenoxy) is 1. The van der Waals surface area contributed by atoms with Crippen LogP contribution in [0.25, 0.3) is 22.1 Å². The lowest BCUT2D eigenvalue weighted by Crippen LogP contribution is -2.05. The molecule has 3 aromatic rings. The van der Waals surface area contributed by atoms with Crippen molar-refractivity contribution in [1.29, 1.82) is 0 Å². The van der Waals surface area contributed by atoms with E-state index >= 15 is 0 Å². The molecule has 0 atom stereocenters. The smallest absolute Gasteiger partial charge is 0.344 e. The van der Waals surface area contributed by atoms with Crippen LogP contribution in [0, 0.1) is 0 Å². The molecule has 1 aromatic carbocycles. The number of hydrogen-bond donors (Lipinski definition) is 0. The average Bonchev–Trinajstić information content (AvgIpc) is 2.92. The monoisotopic (exact) mass is 286 g/mol. The molecule has 0 aliphatic carbocycles. The Hall–Kier alpha value is -2.40. The van der Waals surface area contributed by atoms with Crippen LogP contribution >= 0.6 is 11.3 Å². The first-order chi connectivity index (χ1) is 9.65. The molecule has 0 bridgehead atoms. The molecule has 0 saturated heterocycles. The Labute approximate surface area is 118 Å². The average molecular weight is 286 g/mol. The SMILES string of the molecule is CC(=O)Oc1cccc2cc(-c3ccsc3)c(=O)oc12. The molecular weight excluding hydrogens is 276 g/mol. The Balaban J connectivity index is 2.23. The van der Waals surface area contributed by atoms with Crippen molar-refractivity contribution in [1.82, 2.24) is 0 Å². The summed E-state index contributed by atoms with van der Waals surface area (Å²) >= 11 is 1.51.